The number of para-hydroxylation sites is 1. The maximum absolute atomic E-state index is 12.9. The van der Waals surface area contributed by atoms with E-state index in [1.54, 1.807) is 12.1 Å². The number of aromatic nitrogens is 4. The van der Waals surface area contributed by atoms with Crippen molar-refractivity contribution in [3.05, 3.63) is 54.3 Å². The Morgan fingerprint density at radius 1 is 1.08 bits per heavy atom. The van der Waals surface area contributed by atoms with Crippen LogP contribution in [-0.4, -0.2) is 32.1 Å². The molecule has 132 valence electrons. The molecule has 0 aliphatic carbocycles. The number of benzene rings is 2. The van der Waals surface area contributed by atoms with Crippen LogP contribution in [0.1, 0.15) is 6.92 Å². The van der Waals surface area contributed by atoms with E-state index >= 15 is 0 Å². The van der Waals surface area contributed by atoms with Crippen molar-refractivity contribution >= 4 is 33.8 Å². The molecular formula is C19H17FN4OS. The lowest BCUT2D eigenvalue weighted by molar-refractivity contribution is 0.343. The Bertz CT molecular complexity index is 1050. The van der Waals surface area contributed by atoms with Crippen molar-refractivity contribution in [3.63, 3.8) is 0 Å². The van der Waals surface area contributed by atoms with Crippen molar-refractivity contribution in [2.75, 3.05) is 12.4 Å². The fourth-order valence-corrected chi connectivity index (χ4v) is 3.49. The zero-order valence-corrected chi connectivity index (χ0v) is 15.0. The molecule has 4 rings (SSSR count). The molecule has 4 aromatic rings. The highest BCUT2D eigenvalue weighted by molar-refractivity contribution is 7.99. The van der Waals surface area contributed by atoms with Crippen molar-refractivity contribution in [2.45, 2.75) is 18.6 Å². The van der Waals surface area contributed by atoms with E-state index in [4.69, 9.17) is 4.74 Å². The Hall–Kier alpha value is -2.67. The zero-order valence-electron chi connectivity index (χ0n) is 14.2. The first-order valence-corrected chi connectivity index (χ1v) is 9.37. The van der Waals surface area contributed by atoms with E-state index in [9.17, 15) is 4.39 Å². The van der Waals surface area contributed by atoms with Gasteiger partial charge >= 0.3 is 0 Å². The van der Waals surface area contributed by atoms with Crippen LogP contribution in [0.3, 0.4) is 0 Å². The van der Waals surface area contributed by atoms with E-state index in [-0.39, 0.29) is 5.82 Å². The fourth-order valence-electron chi connectivity index (χ4n) is 2.89. The zero-order chi connectivity index (χ0) is 17.9. The van der Waals surface area contributed by atoms with Crippen LogP contribution in [0.5, 0.6) is 5.75 Å². The summed E-state index contributed by atoms with van der Waals surface area (Å²) >= 11 is 1.49. The summed E-state index contributed by atoms with van der Waals surface area (Å²) in [6, 6.07) is 14.1. The summed E-state index contributed by atoms with van der Waals surface area (Å²) in [6.45, 7) is 3.40. The third-order valence-corrected chi connectivity index (χ3v) is 4.87. The Balaban J connectivity index is 1.48. The first-order chi connectivity index (χ1) is 12.8. The summed E-state index contributed by atoms with van der Waals surface area (Å²) in [5.74, 6) is 1.05. The topological polar surface area (TPSA) is 52.8 Å². The highest BCUT2D eigenvalue weighted by Crippen LogP contribution is 2.27. The number of rotatable bonds is 6. The van der Waals surface area contributed by atoms with Gasteiger partial charge in [-0.2, -0.15) is 0 Å². The molecule has 0 aliphatic heterocycles. The SMILES string of the molecule is CCn1c2ccccc2c2nnc(SCCOc3ccc(F)cc3)nc21. The monoisotopic (exact) mass is 368 g/mol. The van der Waals surface area contributed by atoms with Gasteiger partial charge in [0.05, 0.1) is 12.1 Å². The van der Waals surface area contributed by atoms with Gasteiger partial charge in [0.15, 0.2) is 5.65 Å². The molecule has 0 spiro atoms. The number of ether oxygens (including phenoxy) is 1. The Kier molecular flexibility index (Phi) is 4.71. The van der Waals surface area contributed by atoms with Crippen molar-refractivity contribution in [1.82, 2.24) is 19.7 Å². The predicted octanol–water partition coefficient (Wildman–Crippen LogP) is 4.31. The largest absolute Gasteiger partial charge is 0.493 e. The lowest BCUT2D eigenvalue weighted by atomic mass is 10.2. The Morgan fingerprint density at radius 2 is 1.88 bits per heavy atom. The summed E-state index contributed by atoms with van der Waals surface area (Å²) < 4.78 is 20.6. The van der Waals surface area contributed by atoms with Crippen LogP contribution in [-0.2, 0) is 6.54 Å². The number of hydrogen-bond acceptors (Lipinski definition) is 5. The standard InChI is InChI=1S/C19H17FN4OS/c1-2-24-16-6-4-3-5-15(16)17-18(24)21-19(23-22-17)26-12-11-25-14-9-7-13(20)8-10-14/h3-10H,2,11-12H2,1H3. The molecule has 26 heavy (non-hydrogen) atoms. The van der Waals surface area contributed by atoms with E-state index in [0.29, 0.717) is 23.3 Å². The lowest BCUT2D eigenvalue weighted by Crippen LogP contribution is -2.02. The van der Waals surface area contributed by atoms with Crippen LogP contribution < -0.4 is 4.74 Å². The Labute approximate surface area is 154 Å². The van der Waals surface area contributed by atoms with E-state index in [2.05, 4.69) is 32.7 Å². The summed E-state index contributed by atoms with van der Waals surface area (Å²) in [7, 11) is 0. The number of halogens is 1. The fraction of sp³-hybridized carbons (Fsp3) is 0.211. The van der Waals surface area contributed by atoms with Gasteiger partial charge in [-0.25, -0.2) is 9.37 Å². The molecule has 0 saturated heterocycles. The van der Waals surface area contributed by atoms with Crippen molar-refractivity contribution in [1.29, 1.82) is 0 Å². The van der Waals surface area contributed by atoms with Gasteiger partial charge in [-0.15, -0.1) is 10.2 Å². The molecular weight excluding hydrogens is 351 g/mol. The van der Waals surface area contributed by atoms with Crippen LogP contribution in [0.25, 0.3) is 22.1 Å². The average molecular weight is 368 g/mol. The third kappa shape index (κ3) is 3.22. The molecule has 0 bridgehead atoms. The highest BCUT2D eigenvalue weighted by Gasteiger charge is 2.13. The van der Waals surface area contributed by atoms with Gasteiger partial charge < -0.3 is 9.30 Å². The van der Waals surface area contributed by atoms with E-state index in [1.807, 2.05) is 18.2 Å². The molecule has 5 nitrogen and oxygen atoms in total. The molecule has 2 aromatic carbocycles. The molecule has 0 radical (unpaired) electrons. The molecule has 0 atom stereocenters. The van der Waals surface area contributed by atoms with Crippen molar-refractivity contribution < 1.29 is 9.13 Å². The molecule has 0 fully saturated rings. The molecule has 0 aliphatic rings. The van der Waals surface area contributed by atoms with Crippen LogP contribution in [0, 0.1) is 5.82 Å². The normalized spacial score (nSPS) is 11.3. The van der Waals surface area contributed by atoms with Gasteiger partial charge in [0.1, 0.15) is 17.1 Å². The molecule has 0 saturated carbocycles. The smallest absolute Gasteiger partial charge is 0.211 e. The van der Waals surface area contributed by atoms with Crippen LogP contribution in [0.2, 0.25) is 0 Å². The van der Waals surface area contributed by atoms with Crippen LogP contribution in [0.4, 0.5) is 4.39 Å². The summed E-state index contributed by atoms with van der Waals surface area (Å²) in [6.07, 6.45) is 0. The summed E-state index contributed by atoms with van der Waals surface area (Å²) in [5.41, 5.74) is 2.80. The molecule has 0 N–H and O–H groups in total. The van der Waals surface area contributed by atoms with Gasteiger partial charge in [0.2, 0.25) is 5.16 Å². The number of fused-ring (bicyclic) bond motifs is 3. The lowest BCUT2D eigenvalue weighted by Gasteiger charge is -2.05. The van der Waals surface area contributed by atoms with Gasteiger partial charge in [0.25, 0.3) is 0 Å². The minimum absolute atomic E-state index is 0.272. The summed E-state index contributed by atoms with van der Waals surface area (Å²) in [5, 5.41) is 10.3. The third-order valence-electron chi connectivity index (χ3n) is 4.07. The quantitative estimate of drug-likeness (QED) is 0.375. The second kappa shape index (κ2) is 7.29. The van der Waals surface area contributed by atoms with Gasteiger partial charge in [-0.1, -0.05) is 30.0 Å². The van der Waals surface area contributed by atoms with Gasteiger partial charge in [-0.3, -0.25) is 0 Å². The van der Waals surface area contributed by atoms with Gasteiger partial charge in [-0.05, 0) is 37.3 Å². The molecule has 0 amide bonds. The maximum atomic E-state index is 12.9. The van der Waals surface area contributed by atoms with E-state index in [0.717, 1.165) is 28.6 Å². The first kappa shape index (κ1) is 16.8. The van der Waals surface area contributed by atoms with Crippen molar-refractivity contribution in [3.8, 4) is 5.75 Å². The van der Waals surface area contributed by atoms with Crippen LogP contribution in [0.15, 0.2) is 53.7 Å². The minimum atomic E-state index is -0.272. The molecule has 7 heteroatoms. The number of hydrogen-bond donors (Lipinski definition) is 0. The van der Waals surface area contributed by atoms with E-state index < -0.39 is 0 Å². The van der Waals surface area contributed by atoms with Crippen LogP contribution >= 0.6 is 11.8 Å². The molecule has 2 heterocycles. The number of nitrogens with zero attached hydrogens (tertiary/aromatic N) is 4. The maximum Gasteiger partial charge on any atom is 0.211 e. The molecule has 2 aromatic heterocycles. The van der Waals surface area contributed by atoms with E-state index in [1.165, 1.54) is 23.9 Å². The van der Waals surface area contributed by atoms with Crippen molar-refractivity contribution in [2.24, 2.45) is 0 Å². The summed E-state index contributed by atoms with van der Waals surface area (Å²) in [4.78, 5) is 4.69. The average Bonchev–Trinajstić information content (AvgIpc) is 2.99. The second-order valence-corrected chi connectivity index (χ2v) is 6.74. The van der Waals surface area contributed by atoms with Gasteiger partial charge in [0, 0.05) is 17.7 Å². The highest BCUT2D eigenvalue weighted by atomic mass is 32.2. The first-order valence-electron chi connectivity index (χ1n) is 8.39. The Morgan fingerprint density at radius 3 is 2.69 bits per heavy atom. The minimum Gasteiger partial charge on any atom is -0.493 e. The second-order valence-electron chi connectivity index (χ2n) is 5.68. The predicted molar refractivity (Wildman–Crippen MR) is 101 cm³/mol. The number of thioether (sulfide) groups is 1. The molecule has 0 unspecified atom stereocenters. The number of aryl methyl sites for hydroxylation is 1.